The number of hydrogen-bond donors (Lipinski definition) is 2. The van der Waals surface area contributed by atoms with Crippen LogP contribution >= 0.6 is 0 Å². The molecule has 0 spiro atoms. The van der Waals surface area contributed by atoms with E-state index >= 15 is 0 Å². The van der Waals surface area contributed by atoms with Crippen LogP contribution in [0.2, 0.25) is 0 Å². The van der Waals surface area contributed by atoms with Gasteiger partial charge in [-0.25, -0.2) is 0 Å². The Kier molecular flexibility index (Phi) is 3.16. The summed E-state index contributed by atoms with van der Waals surface area (Å²) in [7, 11) is 0. The van der Waals surface area contributed by atoms with E-state index in [-0.39, 0.29) is 23.0 Å². The third-order valence-corrected chi connectivity index (χ3v) is 8.15. The van der Waals surface area contributed by atoms with Crippen LogP contribution in [0.3, 0.4) is 0 Å². The van der Waals surface area contributed by atoms with Crippen molar-refractivity contribution >= 4 is 5.78 Å². The maximum atomic E-state index is 11.8. The number of rotatable bonds is 0. The zero-order valence-electron chi connectivity index (χ0n) is 13.8. The van der Waals surface area contributed by atoms with Crippen LogP contribution in [0, 0.1) is 34.5 Å². The Morgan fingerprint density at radius 1 is 1.23 bits per heavy atom. The lowest BCUT2D eigenvalue weighted by atomic mass is 9.46. The molecule has 122 valence electrons. The van der Waals surface area contributed by atoms with E-state index in [1.54, 1.807) is 0 Å². The van der Waals surface area contributed by atoms with Gasteiger partial charge in [-0.1, -0.05) is 19.9 Å². The summed E-state index contributed by atoms with van der Waals surface area (Å²) in [5.41, 5.74) is 6.65. The monoisotopic (exact) mass is 303 g/mol. The topological polar surface area (TPSA) is 63.3 Å². The number of ketones is 1. The van der Waals surface area contributed by atoms with Crippen molar-refractivity contribution in [2.24, 2.45) is 40.2 Å². The van der Waals surface area contributed by atoms with Crippen LogP contribution in [-0.2, 0) is 4.79 Å². The SMILES string of the molecule is C[C@]12C=CC(=O)CC1CC[C@@H]1[C@H]2CC[C@]2(C)C(N)C(O)C[C@@H]12. The number of aliphatic hydroxyl groups excluding tert-OH is 1. The fourth-order valence-corrected chi connectivity index (χ4v) is 6.69. The van der Waals surface area contributed by atoms with Crippen LogP contribution in [0.1, 0.15) is 52.4 Å². The van der Waals surface area contributed by atoms with Crippen molar-refractivity contribution in [2.75, 3.05) is 0 Å². The van der Waals surface area contributed by atoms with Crippen molar-refractivity contribution in [3.05, 3.63) is 12.2 Å². The van der Waals surface area contributed by atoms with Gasteiger partial charge in [0.2, 0.25) is 0 Å². The molecule has 3 nitrogen and oxygen atoms in total. The molecule has 3 saturated carbocycles. The Balaban J connectivity index is 1.68. The average molecular weight is 303 g/mol. The van der Waals surface area contributed by atoms with Gasteiger partial charge in [0.05, 0.1) is 6.10 Å². The van der Waals surface area contributed by atoms with Gasteiger partial charge >= 0.3 is 0 Å². The Hall–Kier alpha value is -0.670. The third kappa shape index (κ3) is 1.78. The molecule has 0 aromatic rings. The minimum Gasteiger partial charge on any atom is -0.391 e. The minimum absolute atomic E-state index is 0.0625. The first-order valence-electron chi connectivity index (χ1n) is 9.02. The van der Waals surface area contributed by atoms with Crippen LogP contribution < -0.4 is 5.73 Å². The highest BCUT2D eigenvalue weighted by Crippen LogP contribution is 2.64. The first-order valence-corrected chi connectivity index (χ1v) is 9.02. The van der Waals surface area contributed by atoms with E-state index in [0.717, 1.165) is 25.7 Å². The average Bonchev–Trinajstić information content (AvgIpc) is 2.72. The van der Waals surface area contributed by atoms with E-state index < -0.39 is 0 Å². The number of nitrogens with two attached hydrogens (primary N) is 1. The zero-order valence-corrected chi connectivity index (χ0v) is 13.8. The van der Waals surface area contributed by atoms with Crippen molar-refractivity contribution in [1.82, 2.24) is 0 Å². The van der Waals surface area contributed by atoms with E-state index in [1.165, 1.54) is 12.8 Å². The fourth-order valence-electron chi connectivity index (χ4n) is 6.69. The molecular formula is C19H29NO2. The van der Waals surface area contributed by atoms with Crippen molar-refractivity contribution in [1.29, 1.82) is 0 Å². The van der Waals surface area contributed by atoms with Crippen molar-refractivity contribution in [2.45, 2.75) is 64.5 Å². The van der Waals surface area contributed by atoms with Gasteiger partial charge in [0, 0.05) is 12.5 Å². The van der Waals surface area contributed by atoms with E-state index in [1.807, 2.05) is 6.08 Å². The Morgan fingerprint density at radius 3 is 2.77 bits per heavy atom. The third-order valence-electron chi connectivity index (χ3n) is 8.15. The lowest BCUT2D eigenvalue weighted by molar-refractivity contribution is -0.121. The maximum Gasteiger partial charge on any atom is 0.155 e. The minimum atomic E-state index is -0.331. The predicted molar refractivity (Wildman–Crippen MR) is 86.0 cm³/mol. The summed E-state index contributed by atoms with van der Waals surface area (Å²) in [6.45, 7) is 4.69. The number of fused-ring (bicyclic) bond motifs is 5. The van der Waals surface area contributed by atoms with E-state index in [2.05, 4.69) is 19.9 Å². The van der Waals surface area contributed by atoms with Gasteiger partial charge in [-0.15, -0.1) is 0 Å². The molecular weight excluding hydrogens is 274 g/mol. The summed E-state index contributed by atoms with van der Waals surface area (Å²) in [5, 5.41) is 10.3. The maximum absolute atomic E-state index is 11.8. The second-order valence-electron chi connectivity index (χ2n) is 8.89. The lowest BCUT2D eigenvalue weighted by Crippen LogP contribution is -2.54. The smallest absolute Gasteiger partial charge is 0.155 e. The standard InChI is InChI=1S/C19H29NO2/c1-18-7-5-12(21)9-11(18)3-4-13-14(18)6-8-19(2)15(13)10-16(22)17(19)20/h5,7,11,13-17,22H,3-4,6,8-10,20H2,1-2H3/t11?,13-,14-,15+,16?,17?,18+,19+/m1/s1. The summed E-state index contributed by atoms with van der Waals surface area (Å²) in [6.07, 6.45) is 10.0. The Bertz CT molecular complexity index is 530. The van der Waals surface area contributed by atoms with Crippen LogP contribution in [0.25, 0.3) is 0 Å². The summed E-state index contributed by atoms with van der Waals surface area (Å²) in [6, 6.07) is -0.0625. The summed E-state index contributed by atoms with van der Waals surface area (Å²) in [5.74, 6) is 2.71. The van der Waals surface area contributed by atoms with Crippen molar-refractivity contribution < 1.29 is 9.90 Å². The molecule has 0 bridgehead atoms. The molecule has 0 radical (unpaired) electrons. The van der Waals surface area contributed by atoms with Crippen LogP contribution in [0.15, 0.2) is 12.2 Å². The number of allylic oxidation sites excluding steroid dienone is 2. The van der Waals surface area contributed by atoms with Gasteiger partial charge in [0.1, 0.15) is 0 Å². The molecule has 4 aliphatic rings. The number of aliphatic hydroxyl groups is 1. The van der Waals surface area contributed by atoms with Gasteiger partial charge < -0.3 is 10.8 Å². The number of carbonyl (C=O) groups is 1. The second-order valence-corrected chi connectivity index (χ2v) is 8.89. The first-order chi connectivity index (χ1) is 10.4. The second kappa shape index (κ2) is 4.67. The highest BCUT2D eigenvalue weighted by molar-refractivity contribution is 5.91. The molecule has 0 aromatic heterocycles. The largest absolute Gasteiger partial charge is 0.391 e. The van der Waals surface area contributed by atoms with Gasteiger partial charge in [-0.05, 0) is 72.7 Å². The number of carbonyl (C=O) groups excluding carboxylic acids is 1. The van der Waals surface area contributed by atoms with Crippen molar-refractivity contribution in [3.8, 4) is 0 Å². The predicted octanol–water partition coefficient (Wildman–Crippen LogP) is 2.67. The lowest BCUT2D eigenvalue weighted by Gasteiger charge is -2.58. The van der Waals surface area contributed by atoms with Gasteiger partial charge in [0.25, 0.3) is 0 Å². The van der Waals surface area contributed by atoms with Crippen LogP contribution in [0.4, 0.5) is 0 Å². The molecule has 0 amide bonds. The summed E-state index contributed by atoms with van der Waals surface area (Å²) in [4.78, 5) is 11.8. The molecule has 0 aromatic carbocycles. The molecule has 4 aliphatic carbocycles. The molecule has 4 rings (SSSR count). The molecule has 22 heavy (non-hydrogen) atoms. The molecule has 3 unspecified atom stereocenters. The molecule has 0 heterocycles. The molecule has 0 aliphatic heterocycles. The molecule has 3 heteroatoms. The summed E-state index contributed by atoms with van der Waals surface area (Å²) >= 11 is 0. The fraction of sp³-hybridized carbons (Fsp3) is 0.842. The first kappa shape index (κ1) is 14.9. The van der Waals surface area contributed by atoms with Gasteiger partial charge in [-0.3, -0.25) is 4.79 Å². The van der Waals surface area contributed by atoms with E-state index in [4.69, 9.17) is 5.73 Å². The highest BCUT2D eigenvalue weighted by Gasteiger charge is 2.60. The highest BCUT2D eigenvalue weighted by atomic mass is 16.3. The Morgan fingerprint density at radius 2 is 2.00 bits per heavy atom. The Labute approximate surface area is 133 Å². The zero-order chi connectivity index (χ0) is 15.7. The normalized spacial score (nSPS) is 57.2. The van der Waals surface area contributed by atoms with E-state index in [9.17, 15) is 9.90 Å². The molecule has 8 atom stereocenters. The van der Waals surface area contributed by atoms with E-state index in [0.29, 0.717) is 29.5 Å². The van der Waals surface area contributed by atoms with Gasteiger partial charge in [-0.2, -0.15) is 0 Å². The molecule has 3 fully saturated rings. The van der Waals surface area contributed by atoms with Crippen molar-refractivity contribution in [3.63, 3.8) is 0 Å². The quantitative estimate of drug-likeness (QED) is 0.723. The molecule has 3 N–H and O–H groups in total. The number of hydrogen-bond acceptors (Lipinski definition) is 3. The van der Waals surface area contributed by atoms with Crippen LogP contribution in [-0.4, -0.2) is 23.0 Å². The summed E-state index contributed by atoms with van der Waals surface area (Å²) < 4.78 is 0. The molecule has 0 saturated heterocycles. The van der Waals surface area contributed by atoms with Crippen LogP contribution in [0.5, 0.6) is 0 Å². The van der Waals surface area contributed by atoms with Gasteiger partial charge in [0.15, 0.2) is 5.78 Å².